The molecule has 1 atom stereocenters. The van der Waals surface area contributed by atoms with Gasteiger partial charge in [0.05, 0.1) is 5.25 Å². The van der Waals surface area contributed by atoms with Crippen LogP contribution in [0.3, 0.4) is 0 Å². The number of hydrogen-bond acceptors (Lipinski definition) is 5. The SMILES string of the molecule is Cc1nnc(S[C@@H](C)C(=O)Nc2cccc(Cl)c2)s1. The summed E-state index contributed by atoms with van der Waals surface area (Å²) in [4.78, 5) is 12.0. The van der Waals surface area contributed by atoms with Crippen LogP contribution in [0, 0.1) is 6.92 Å². The highest BCUT2D eigenvalue weighted by Crippen LogP contribution is 2.27. The summed E-state index contributed by atoms with van der Waals surface area (Å²) in [5.74, 6) is -0.0832. The summed E-state index contributed by atoms with van der Waals surface area (Å²) in [5.41, 5.74) is 0.693. The lowest BCUT2D eigenvalue weighted by atomic mass is 10.3. The third-order valence-corrected chi connectivity index (χ3v) is 4.50. The number of amides is 1. The topological polar surface area (TPSA) is 54.9 Å². The number of aryl methyl sites for hydroxylation is 1. The monoisotopic (exact) mass is 313 g/mol. The molecule has 19 heavy (non-hydrogen) atoms. The lowest BCUT2D eigenvalue weighted by Crippen LogP contribution is -2.22. The maximum atomic E-state index is 12.0. The number of hydrogen-bond donors (Lipinski definition) is 1. The molecule has 100 valence electrons. The molecule has 4 nitrogen and oxygen atoms in total. The van der Waals surface area contributed by atoms with Crippen molar-refractivity contribution in [1.29, 1.82) is 0 Å². The van der Waals surface area contributed by atoms with Crippen LogP contribution in [0.25, 0.3) is 0 Å². The third-order valence-electron chi connectivity index (χ3n) is 2.25. The number of nitrogens with one attached hydrogen (secondary N) is 1. The van der Waals surface area contributed by atoms with Gasteiger partial charge in [-0.05, 0) is 32.0 Å². The maximum absolute atomic E-state index is 12.0. The van der Waals surface area contributed by atoms with Crippen LogP contribution in [-0.2, 0) is 4.79 Å². The number of anilines is 1. The van der Waals surface area contributed by atoms with Gasteiger partial charge in [0.1, 0.15) is 5.01 Å². The van der Waals surface area contributed by atoms with Crippen molar-refractivity contribution in [2.75, 3.05) is 5.32 Å². The first kappa shape index (κ1) is 14.3. The van der Waals surface area contributed by atoms with Gasteiger partial charge in [-0.2, -0.15) is 0 Å². The van der Waals surface area contributed by atoms with Crippen LogP contribution in [0.1, 0.15) is 11.9 Å². The van der Waals surface area contributed by atoms with E-state index in [1.165, 1.54) is 23.1 Å². The lowest BCUT2D eigenvalue weighted by molar-refractivity contribution is -0.115. The van der Waals surface area contributed by atoms with Crippen LogP contribution in [0.15, 0.2) is 28.6 Å². The first-order valence-electron chi connectivity index (χ1n) is 5.58. The average Bonchev–Trinajstić information content (AvgIpc) is 2.74. The van der Waals surface area contributed by atoms with Crippen molar-refractivity contribution >= 4 is 46.3 Å². The number of nitrogens with zero attached hydrogens (tertiary/aromatic N) is 2. The molecule has 0 fully saturated rings. The van der Waals surface area contributed by atoms with Crippen molar-refractivity contribution in [3.63, 3.8) is 0 Å². The van der Waals surface area contributed by atoms with E-state index in [9.17, 15) is 4.79 Å². The van der Waals surface area contributed by atoms with E-state index in [0.717, 1.165) is 9.35 Å². The molecule has 2 rings (SSSR count). The van der Waals surface area contributed by atoms with E-state index in [0.29, 0.717) is 10.7 Å². The summed E-state index contributed by atoms with van der Waals surface area (Å²) in [6, 6.07) is 7.07. The fourth-order valence-corrected chi connectivity index (χ4v) is 3.49. The number of thioether (sulfide) groups is 1. The molecule has 1 heterocycles. The molecule has 0 saturated carbocycles. The molecule has 7 heteroatoms. The molecule has 1 amide bonds. The zero-order chi connectivity index (χ0) is 13.8. The number of carbonyl (C=O) groups is 1. The van der Waals surface area contributed by atoms with E-state index in [4.69, 9.17) is 11.6 Å². The molecular formula is C12H12ClN3OS2. The Morgan fingerprint density at radius 2 is 2.26 bits per heavy atom. The van der Waals surface area contributed by atoms with Crippen LogP contribution in [0.5, 0.6) is 0 Å². The molecule has 1 aromatic heterocycles. The molecule has 0 spiro atoms. The molecule has 1 N–H and O–H groups in total. The highest BCUT2D eigenvalue weighted by molar-refractivity contribution is 8.02. The summed E-state index contributed by atoms with van der Waals surface area (Å²) >= 11 is 8.74. The Morgan fingerprint density at radius 1 is 1.47 bits per heavy atom. The molecular weight excluding hydrogens is 302 g/mol. The number of carbonyl (C=O) groups excluding carboxylic acids is 1. The van der Waals surface area contributed by atoms with Gasteiger partial charge < -0.3 is 5.32 Å². The van der Waals surface area contributed by atoms with Crippen LogP contribution in [0.4, 0.5) is 5.69 Å². The molecule has 0 saturated heterocycles. The molecule has 1 aromatic carbocycles. The smallest absolute Gasteiger partial charge is 0.237 e. The zero-order valence-electron chi connectivity index (χ0n) is 10.4. The number of aromatic nitrogens is 2. The first-order chi connectivity index (χ1) is 9.04. The third kappa shape index (κ3) is 4.19. The second-order valence-corrected chi connectivity index (χ2v) is 7.05. The largest absolute Gasteiger partial charge is 0.325 e. The van der Waals surface area contributed by atoms with Gasteiger partial charge in [-0.1, -0.05) is 40.8 Å². The quantitative estimate of drug-likeness (QED) is 0.876. The lowest BCUT2D eigenvalue weighted by Gasteiger charge is -2.10. The fourth-order valence-electron chi connectivity index (χ4n) is 1.34. The van der Waals surface area contributed by atoms with Crippen LogP contribution >= 0.6 is 34.7 Å². The minimum atomic E-state index is -0.244. The Bertz CT molecular complexity index is 588. The van der Waals surface area contributed by atoms with Gasteiger partial charge in [0, 0.05) is 10.7 Å². The average molecular weight is 314 g/mol. The molecule has 0 unspecified atom stereocenters. The van der Waals surface area contributed by atoms with Gasteiger partial charge in [0.25, 0.3) is 0 Å². The van der Waals surface area contributed by atoms with Gasteiger partial charge in [-0.25, -0.2) is 0 Å². The zero-order valence-corrected chi connectivity index (χ0v) is 12.8. The Kier molecular flexibility index (Phi) is 4.79. The Balaban J connectivity index is 1.96. The van der Waals surface area contributed by atoms with Crippen molar-refractivity contribution < 1.29 is 4.79 Å². The molecule has 0 aliphatic carbocycles. The second kappa shape index (κ2) is 6.36. The number of rotatable bonds is 4. The minimum Gasteiger partial charge on any atom is -0.325 e. The summed E-state index contributed by atoms with van der Waals surface area (Å²) in [6.07, 6.45) is 0. The highest BCUT2D eigenvalue weighted by Gasteiger charge is 2.16. The van der Waals surface area contributed by atoms with E-state index < -0.39 is 0 Å². The van der Waals surface area contributed by atoms with Crippen molar-refractivity contribution in [2.24, 2.45) is 0 Å². The van der Waals surface area contributed by atoms with Gasteiger partial charge in [-0.15, -0.1) is 10.2 Å². The Hall–Kier alpha value is -1.11. The van der Waals surface area contributed by atoms with Gasteiger partial charge in [0.2, 0.25) is 5.91 Å². The highest BCUT2D eigenvalue weighted by atomic mass is 35.5. The second-order valence-electron chi connectivity index (χ2n) is 3.85. The Labute approximate surface area is 124 Å². The van der Waals surface area contributed by atoms with Gasteiger partial charge in [0.15, 0.2) is 4.34 Å². The molecule has 0 radical (unpaired) electrons. The first-order valence-corrected chi connectivity index (χ1v) is 7.65. The van der Waals surface area contributed by atoms with E-state index in [2.05, 4.69) is 15.5 Å². The Morgan fingerprint density at radius 3 is 2.89 bits per heavy atom. The molecule has 0 aliphatic rings. The fraction of sp³-hybridized carbons (Fsp3) is 0.250. The summed E-state index contributed by atoms with van der Waals surface area (Å²) in [7, 11) is 0. The van der Waals surface area contributed by atoms with E-state index in [1.54, 1.807) is 24.3 Å². The van der Waals surface area contributed by atoms with Crippen LogP contribution in [0.2, 0.25) is 5.02 Å². The molecule has 0 bridgehead atoms. The van der Waals surface area contributed by atoms with Gasteiger partial charge in [-0.3, -0.25) is 4.79 Å². The number of halogens is 1. The predicted octanol–water partition coefficient (Wildman–Crippen LogP) is 3.62. The summed E-state index contributed by atoms with van der Waals surface area (Å²) < 4.78 is 0.797. The van der Waals surface area contributed by atoms with Gasteiger partial charge >= 0.3 is 0 Å². The van der Waals surface area contributed by atoms with Crippen molar-refractivity contribution in [2.45, 2.75) is 23.4 Å². The molecule has 2 aromatic rings. The summed E-state index contributed by atoms with van der Waals surface area (Å²) in [6.45, 7) is 3.72. The predicted molar refractivity (Wildman–Crippen MR) is 80.0 cm³/mol. The summed E-state index contributed by atoms with van der Waals surface area (Å²) in [5, 5.41) is 12.0. The number of benzene rings is 1. The van der Waals surface area contributed by atoms with Crippen molar-refractivity contribution in [3.05, 3.63) is 34.3 Å². The van der Waals surface area contributed by atoms with E-state index >= 15 is 0 Å². The minimum absolute atomic E-state index is 0.0832. The van der Waals surface area contributed by atoms with Crippen LogP contribution < -0.4 is 5.32 Å². The van der Waals surface area contributed by atoms with E-state index in [1.807, 2.05) is 13.8 Å². The normalized spacial score (nSPS) is 12.2. The van der Waals surface area contributed by atoms with Crippen molar-refractivity contribution in [1.82, 2.24) is 10.2 Å². The van der Waals surface area contributed by atoms with Crippen molar-refractivity contribution in [3.8, 4) is 0 Å². The van der Waals surface area contributed by atoms with Crippen LogP contribution in [-0.4, -0.2) is 21.4 Å². The standard InChI is InChI=1S/C12H12ClN3OS2/c1-7(18-12-16-15-8(2)19-12)11(17)14-10-5-3-4-9(13)6-10/h3-7H,1-2H3,(H,14,17)/t7-/m0/s1. The maximum Gasteiger partial charge on any atom is 0.237 e. The van der Waals surface area contributed by atoms with E-state index in [-0.39, 0.29) is 11.2 Å². The molecule has 0 aliphatic heterocycles.